The second kappa shape index (κ2) is 5.06. The standard InChI is InChI=1S/C11H13NO4/c1-15-8-3-7(4-9(6-8)16-2)5-10(12)11(13)14/h3-6H,12H2,1-2H3,(H,13,14)/b10-5+. The summed E-state index contributed by atoms with van der Waals surface area (Å²) in [6.45, 7) is 0. The highest BCUT2D eigenvalue weighted by molar-refractivity contribution is 5.91. The van der Waals surface area contributed by atoms with Gasteiger partial charge in [0.1, 0.15) is 17.2 Å². The second-order valence-electron chi connectivity index (χ2n) is 3.05. The van der Waals surface area contributed by atoms with E-state index >= 15 is 0 Å². The minimum Gasteiger partial charge on any atom is -0.497 e. The number of carboxylic acids is 1. The molecule has 0 spiro atoms. The Morgan fingerprint density at radius 2 is 1.75 bits per heavy atom. The number of benzene rings is 1. The normalized spacial score (nSPS) is 11.0. The zero-order chi connectivity index (χ0) is 12.1. The van der Waals surface area contributed by atoms with Crippen LogP contribution < -0.4 is 15.2 Å². The fourth-order valence-electron chi connectivity index (χ4n) is 1.15. The minimum atomic E-state index is -1.17. The van der Waals surface area contributed by atoms with Gasteiger partial charge in [-0.05, 0) is 23.8 Å². The summed E-state index contributed by atoms with van der Waals surface area (Å²) >= 11 is 0. The fraction of sp³-hybridized carbons (Fsp3) is 0.182. The lowest BCUT2D eigenvalue weighted by Crippen LogP contribution is -2.09. The van der Waals surface area contributed by atoms with E-state index in [1.165, 1.54) is 20.3 Å². The van der Waals surface area contributed by atoms with Crippen molar-refractivity contribution in [1.82, 2.24) is 0 Å². The van der Waals surface area contributed by atoms with E-state index < -0.39 is 5.97 Å². The Morgan fingerprint density at radius 1 is 1.25 bits per heavy atom. The van der Waals surface area contributed by atoms with Gasteiger partial charge in [0.25, 0.3) is 0 Å². The third kappa shape index (κ3) is 2.91. The Balaban J connectivity index is 3.13. The summed E-state index contributed by atoms with van der Waals surface area (Å²) < 4.78 is 10.1. The van der Waals surface area contributed by atoms with E-state index in [0.29, 0.717) is 17.1 Å². The number of nitrogens with two attached hydrogens (primary N) is 1. The van der Waals surface area contributed by atoms with E-state index in [-0.39, 0.29) is 5.70 Å². The van der Waals surface area contributed by atoms with Crippen molar-refractivity contribution in [2.24, 2.45) is 5.73 Å². The summed E-state index contributed by atoms with van der Waals surface area (Å²) in [5.41, 5.74) is 5.68. The average molecular weight is 223 g/mol. The minimum absolute atomic E-state index is 0.240. The first-order valence-electron chi connectivity index (χ1n) is 4.50. The smallest absolute Gasteiger partial charge is 0.351 e. The molecule has 0 radical (unpaired) electrons. The molecule has 0 atom stereocenters. The number of rotatable bonds is 4. The van der Waals surface area contributed by atoms with Crippen molar-refractivity contribution in [2.75, 3.05) is 14.2 Å². The molecule has 86 valence electrons. The van der Waals surface area contributed by atoms with E-state index in [9.17, 15) is 4.79 Å². The highest BCUT2D eigenvalue weighted by atomic mass is 16.5. The Kier molecular flexibility index (Phi) is 3.77. The van der Waals surface area contributed by atoms with Crippen LogP contribution in [0.3, 0.4) is 0 Å². The lowest BCUT2D eigenvalue weighted by Gasteiger charge is -2.06. The van der Waals surface area contributed by atoms with Gasteiger partial charge < -0.3 is 20.3 Å². The van der Waals surface area contributed by atoms with E-state index in [1.54, 1.807) is 18.2 Å². The molecule has 0 bridgehead atoms. The molecule has 1 aromatic carbocycles. The highest BCUT2D eigenvalue weighted by Gasteiger charge is 2.04. The molecule has 5 heteroatoms. The van der Waals surface area contributed by atoms with E-state index in [1.807, 2.05) is 0 Å². The average Bonchev–Trinajstić information content (AvgIpc) is 2.28. The Bertz CT molecular complexity index is 404. The van der Waals surface area contributed by atoms with Crippen LogP contribution in [-0.2, 0) is 4.79 Å². The summed E-state index contributed by atoms with van der Waals surface area (Å²) in [4.78, 5) is 10.6. The van der Waals surface area contributed by atoms with Gasteiger partial charge in [-0.3, -0.25) is 0 Å². The van der Waals surface area contributed by atoms with Crippen LogP contribution in [0.15, 0.2) is 23.9 Å². The second-order valence-corrected chi connectivity index (χ2v) is 3.05. The van der Waals surface area contributed by atoms with Crippen molar-refractivity contribution in [1.29, 1.82) is 0 Å². The molecule has 16 heavy (non-hydrogen) atoms. The monoisotopic (exact) mass is 223 g/mol. The first-order valence-corrected chi connectivity index (χ1v) is 4.50. The van der Waals surface area contributed by atoms with Crippen LogP contribution >= 0.6 is 0 Å². The molecule has 0 saturated heterocycles. The van der Waals surface area contributed by atoms with Gasteiger partial charge in [0.05, 0.1) is 14.2 Å². The highest BCUT2D eigenvalue weighted by Crippen LogP contribution is 2.23. The zero-order valence-electron chi connectivity index (χ0n) is 9.06. The molecule has 1 aromatic rings. The maximum atomic E-state index is 10.6. The number of aliphatic carboxylic acids is 1. The molecule has 0 aromatic heterocycles. The van der Waals surface area contributed by atoms with Gasteiger partial charge >= 0.3 is 5.97 Å². The van der Waals surface area contributed by atoms with E-state index in [2.05, 4.69) is 0 Å². The van der Waals surface area contributed by atoms with Gasteiger partial charge in [-0.1, -0.05) is 0 Å². The quantitative estimate of drug-likeness (QED) is 0.746. The first kappa shape index (κ1) is 11.9. The van der Waals surface area contributed by atoms with E-state index in [0.717, 1.165) is 0 Å². The third-order valence-electron chi connectivity index (χ3n) is 1.94. The topological polar surface area (TPSA) is 81.8 Å². The predicted molar refractivity (Wildman–Crippen MR) is 59.3 cm³/mol. The van der Waals surface area contributed by atoms with Gasteiger partial charge in [0, 0.05) is 6.07 Å². The number of hydrogen-bond donors (Lipinski definition) is 2. The Morgan fingerprint density at radius 3 is 2.12 bits per heavy atom. The van der Waals surface area contributed by atoms with Crippen molar-refractivity contribution in [3.05, 3.63) is 29.5 Å². The van der Waals surface area contributed by atoms with Gasteiger partial charge in [-0.2, -0.15) is 0 Å². The lowest BCUT2D eigenvalue weighted by molar-refractivity contribution is -0.132. The van der Waals surface area contributed by atoms with Crippen molar-refractivity contribution < 1.29 is 19.4 Å². The SMILES string of the molecule is COc1cc(/C=C(/N)C(=O)O)cc(OC)c1. The lowest BCUT2D eigenvalue weighted by atomic mass is 10.1. The maximum Gasteiger partial charge on any atom is 0.351 e. The molecule has 3 N–H and O–H groups in total. The van der Waals surface area contributed by atoms with Crippen LogP contribution in [0.1, 0.15) is 5.56 Å². The summed E-state index contributed by atoms with van der Waals surface area (Å²) in [6.07, 6.45) is 1.34. The molecule has 0 aliphatic rings. The number of hydrogen-bond acceptors (Lipinski definition) is 4. The molecular weight excluding hydrogens is 210 g/mol. The molecule has 1 rings (SSSR count). The van der Waals surface area contributed by atoms with Crippen LogP contribution in [0.4, 0.5) is 0 Å². The van der Waals surface area contributed by atoms with Gasteiger partial charge in [-0.15, -0.1) is 0 Å². The molecule has 0 saturated carbocycles. The molecular formula is C11H13NO4. The molecule has 0 heterocycles. The van der Waals surface area contributed by atoms with Crippen LogP contribution in [0.25, 0.3) is 6.08 Å². The molecule has 0 fully saturated rings. The molecule has 0 aliphatic heterocycles. The van der Waals surface area contributed by atoms with Gasteiger partial charge in [0.15, 0.2) is 0 Å². The van der Waals surface area contributed by atoms with Crippen molar-refractivity contribution >= 4 is 12.0 Å². The first-order chi connectivity index (χ1) is 7.56. The van der Waals surface area contributed by atoms with Crippen molar-refractivity contribution in [3.8, 4) is 11.5 Å². The summed E-state index contributed by atoms with van der Waals surface area (Å²) in [5, 5.41) is 8.64. The van der Waals surface area contributed by atoms with Crippen molar-refractivity contribution in [2.45, 2.75) is 0 Å². The largest absolute Gasteiger partial charge is 0.497 e. The van der Waals surface area contributed by atoms with Crippen LogP contribution in [0.2, 0.25) is 0 Å². The van der Waals surface area contributed by atoms with Gasteiger partial charge in [-0.25, -0.2) is 4.79 Å². The Hall–Kier alpha value is -2.17. The van der Waals surface area contributed by atoms with Crippen LogP contribution in [0, 0.1) is 0 Å². The summed E-state index contributed by atoms with van der Waals surface area (Å²) in [7, 11) is 3.03. The predicted octanol–water partition coefficient (Wildman–Crippen LogP) is 1.09. The molecule has 0 unspecified atom stereocenters. The Labute approximate surface area is 93.1 Å². The number of carbonyl (C=O) groups is 1. The third-order valence-corrected chi connectivity index (χ3v) is 1.94. The number of carboxylic acid groups (broad SMARTS) is 1. The molecule has 0 aliphatic carbocycles. The van der Waals surface area contributed by atoms with Crippen molar-refractivity contribution in [3.63, 3.8) is 0 Å². The fourth-order valence-corrected chi connectivity index (χ4v) is 1.15. The number of methoxy groups -OCH3 is 2. The van der Waals surface area contributed by atoms with Crippen LogP contribution in [-0.4, -0.2) is 25.3 Å². The zero-order valence-corrected chi connectivity index (χ0v) is 9.06. The maximum absolute atomic E-state index is 10.6. The molecule has 0 amide bonds. The van der Waals surface area contributed by atoms with E-state index in [4.69, 9.17) is 20.3 Å². The van der Waals surface area contributed by atoms with Crippen LogP contribution in [0.5, 0.6) is 11.5 Å². The number of ether oxygens (including phenoxy) is 2. The summed E-state index contributed by atoms with van der Waals surface area (Å²) in [6, 6.07) is 5.02. The summed E-state index contributed by atoms with van der Waals surface area (Å²) in [5.74, 6) is -0.0191. The van der Waals surface area contributed by atoms with Gasteiger partial charge in [0.2, 0.25) is 0 Å². The molecule has 5 nitrogen and oxygen atoms in total.